The van der Waals surface area contributed by atoms with Gasteiger partial charge in [-0.15, -0.1) is 6.42 Å². The topological polar surface area (TPSA) is 149 Å². The van der Waals surface area contributed by atoms with Gasteiger partial charge in [0.15, 0.2) is 5.34 Å². The summed E-state index contributed by atoms with van der Waals surface area (Å²) in [6.45, 7) is 6.33. The standard InChI is InChI=1S/C21H31FNO8P/c1-6-13-16(12(22)10-15(24)23-13)19-18(26)17(25)14(30-19)11-20(5,7-2)31-32(28,29)21(27,8-3)9-4/h1,10,14,17-19,25-27H,7-9,11H2,2-5H3,(H,23,24)(H,28,29). The predicted molar refractivity (Wildman–Crippen MR) is 114 cm³/mol. The summed E-state index contributed by atoms with van der Waals surface area (Å²) in [5.74, 6) is 1.14. The Morgan fingerprint density at radius 3 is 2.38 bits per heavy atom. The van der Waals surface area contributed by atoms with E-state index in [0.717, 1.165) is 0 Å². The van der Waals surface area contributed by atoms with Crippen LogP contribution in [0.1, 0.15) is 70.7 Å². The van der Waals surface area contributed by atoms with Gasteiger partial charge < -0.3 is 34.5 Å². The third-order valence-electron chi connectivity index (χ3n) is 6.21. The third kappa shape index (κ3) is 5.00. The van der Waals surface area contributed by atoms with Crippen LogP contribution >= 0.6 is 7.60 Å². The maximum absolute atomic E-state index is 14.5. The molecule has 2 rings (SSSR count). The van der Waals surface area contributed by atoms with E-state index >= 15 is 0 Å². The molecule has 0 aromatic carbocycles. The number of H-pyrrole nitrogens is 1. The number of aromatic amines is 1. The van der Waals surface area contributed by atoms with Gasteiger partial charge in [-0.2, -0.15) is 0 Å². The number of hydrogen-bond acceptors (Lipinski definition) is 7. The monoisotopic (exact) mass is 475 g/mol. The minimum Gasteiger partial charge on any atom is -0.388 e. The Bertz CT molecular complexity index is 972. The van der Waals surface area contributed by atoms with Crippen LogP contribution in [0.25, 0.3) is 0 Å². The smallest absolute Gasteiger partial charge is 0.359 e. The molecular formula is C21H31FNO8P. The molecule has 0 aliphatic carbocycles. The normalized spacial score (nSPS) is 27.5. The first-order chi connectivity index (χ1) is 14.8. The average molecular weight is 475 g/mol. The van der Waals surface area contributed by atoms with E-state index in [1.54, 1.807) is 20.8 Å². The van der Waals surface area contributed by atoms with Crippen LogP contribution in [-0.2, 0) is 13.8 Å². The van der Waals surface area contributed by atoms with Crippen molar-refractivity contribution in [1.29, 1.82) is 0 Å². The first-order valence-corrected chi connectivity index (χ1v) is 12.0. The van der Waals surface area contributed by atoms with E-state index in [4.69, 9.17) is 15.7 Å². The van der Waals surface area contributed by atoms with Crippen molar-refractivity contribution in [1.82, 2.24) is 4.98 Å². The number of aliphatic hydroxyl groups excluding tert-OH is 2. The summed E-state index contributed by atoms with van der Waals surface area (Å²) in [6, 6.07) is 0.656. The van der Waals surface area contributed by atoms with Gasteiger partial charge in [-0.25, -0.2) is 4.39 Å². The fourth-order valence-electron chi connectivity index (χ4n) is 3.79. The van der Waals surface area contributed by atoms with Gasteiger partial charge in [-0.1, -0.05) is 26.7 Å². The minimum absolute atomic E-state index is 0.0131. The summed E-state index contributed by atoms with van der Waals surface area (Å²) in [7, 11) is -4.51. The number of hydrogen-bond donors (Lipinski definition) is 5. The first-order valence-electron chi connectivity index (χ1n) is 10.4. The van der Waals surface area contributed by atoms with Crippen LogP contribution in [0.3, 0.4) is 0 Å². The van der Waals surface area contributed by atoms with Gasteiger partial charge in [-0.05, 0) is 26.2 Å². The van der Waals surface area contributed by atoms with Crippen molar-refractivity contribution in [3.63, 3.8) is 0 Å². The van der Waals surface area contributed by atoms with Crippen molar-refractivity contribution in [3.05, 3.63) is 33.5 Å². The Labute approximate surface area is 186 Å². The number of aromatic nitrogens is 1. The van der Waals surface area contributed by atoms with Crippen molar-refractivity contribution in [2.24, 2.45) is 0 Å². The fourth-order valence-corrected chi connectivity index (χ4v) is 5.56. The molecule has 32 heavy (non-hydrogen) atoms. The molecule has 0 radical (unpaired) electrons. The zero-order valence-corrected chi connectivity index (χ0v) is 19.4. The summed E-state index contributed by atoms with van der Waals surface area (Å²) >= 11 is 0. The second-order valence-electron chi connectivity index (χ2n) is 8.30. The van der Waals surface area contributed by atoms with Crippen LogP contribution in [-0.4, -0.2) is 54.5 Å². The van der Waals surface area contributed by atoms with Gasteiger partial charge in [0.2, 0.25) is 0 Å². The number of pyridine rings is 1. The molecule has 1 aromatic rings. The van der Waals surface area contributed by atoms with E-state index in [-0.39, 0.29) is 36.9 Å². The summed E-state index contributed by atoms with van der Waals surface area (Å²) in [6.07, 6.45) is -0.218. The van der Waals surface area contributed by atoms with Crippen LogP contribution in [0.4, 0.5) is 4.39 Å². The van der Waals surface area contributed by atoms with Crippen molar-refractivity contribution in [2.75, 3.05) is 0 Å². The highest BCUT2D eigenvalue weighted by Crippen LogP contribution is 2.60. The molecule has 180 valence electrons. The van der Waals surface area contributed by atoms with Gasteiger partial charge in [0.1, 0.15) is 29.8 Å². The Morgan fingerprint density at radius 1 is 1.28 bits per heavy atom. The molecule has 11 heteroatoms. The predicted octanol–water partition coefficient (Wildman–Crippen LogP) is 1.93. The highest BCUT2D eigenvalue weighted by atomic mass is 31.2. The molecular weight excluding hydrogens is 444 g/mol. The Kier molecular flexibility index (Phi) is 8.12. The van der Waals surface area contributed by atoms with Gasteiger partial charge in [0, 0.05) is 12.5 Å². The molecule has 0 bridgehead atoms. The van der Waals surface area contributed by atoms with Gasteiger partial charge in [0.25, 0.3) is 5.56 Å². The summed E-state index contributed by atoms with van der Waals surface area (Å²) in [5.41, 5.74) is -2.60. The molecule has 0 saturated carbocycles. The van der Waals surface area contributed by atoms with Crippen molar-refractivity contribution >= 4 is 7.60 Å². The maximum atomic E-state index is 14.5. The molecule has 1 aliphatic rings. The van der Waals surface area contributed by atoms with Crippen molar-refractivity contribution < 1.29 is 38.4 Å². The molecule has 0 amide bonds. The van der Waals surface area contributed by atoms with Gasteiger partial charge in [-0.3, -0.25) is 9.36 Å². The zero-order valence-electron chi connectivity index (χ0n) is 18.5. The molecule has 2 heterocycles. The largest absolute Gasteiger partial charge is 0.388 e. The molecule has 1 aliphatic heterocycles. The Balaban J connectivity index is 2.33. The van der Waals surface area contributed by atoms with Gasteiger partial charge in [0.05, 0.1) is 17.3 Å². The highest BCUT2D eigenvalue weighted by molar-refractivity contribution is 7.54. The minimum atomic E-state index is -4.51. The number of terminal acetylenes is 1. The van der Waals surface area contributed by atoms with Crippen molar-refractivity contribution in [2.45, 2.75) is 88.7 Å². The lowest BCUT2D eigenvalue weighted by Crippen LogP contribution is -2.40. The van der Waals surface area contributed by atoms with Crippen molar-refractivity contribution in [3.8, 4) is 12.3 Å². The van der Waals surface area contributed by atoms with E-state index in [2.05, 4.69) is 10.9 Å². The number of aliphatic hydroxyl groups is 3. The molecule has 1 saturated heterocycles. The van der Waals surface area contributed by atoms with Crippen LogP contribution < -0.4 is 5.56 Å². The zero-order chi connectivity index (χ0) is 24.5. The highest BCUT2D eigenvalue weighted by Gasteiger charge is 2.52. The lowest BCUT2D eigenvalue weighted by atomic mass is 9.92. The number of halogens is 1. The molecule has 6 unspecified atom stereocenters. The van der Waals surface area contributed by atoms with E-state index in [9.17, 15) is 34.0 Å². The Hall–Kier alpha value is -1.57. The van der Waals surface area contributed by atoms with Crippen LogP contribution in [0.2, 0.25) is 0 Å². The second-order valence-corrected chi connectivity index (χ2v) is 10.4. The summed E-state index contributed by atoms with van der Waals surface area (Å²) < 4.78 is 38.6. The molecule has 6 atom stereocenters. The molecule has 1 fully saturated rings. The van der Waals surface area contributed by atoms with E-state index in [1.165, 1.54) is 6.92 Å². The number of nitrogens with one attached hydrogen (secondary N) is 1. The third-order valence-corrected chi connectivity index (χ3v) is 8.58. The number of rotatable bonds is 9. The van der Waals surface area contributed by atoms with Crippen LogP contribution in [0.15, 0.2) is 10.9 Å². The molecule has 1 aromatic heterocycles. The lowest BCUT2D eigenvalue weighted by molar-refractivity contribution is -0.0548. The SMILES string of the molecule is C#Cc1[nH]c(=O)cc(F)c1C1OC(CC(C)(CC)OP(=O)(O)C(O)(CC)CC)C(O)C1O. The first kappa shape index (κ1) is 26.7. The molecule has 0 spiro atoms. The van der Waals surface area contributed by atoms with E-state index in [0.29, 0.717) is 6.07 Å². The van der Waals surface area contributed by atoms with Gasteiger partial charge >= 0.3 is 7.60 Å². The molecule has 5 N–H and O–H groups in total. The molecule has 9 nitrogen and oxygen atoms in total. The summed E-state index contributed by atoms with van der Waals surface area (Å²) in [4.78, 5) is 24.3. The number of ether oxygens (including phenoxy) is 1. The Morgan fingerprint density at radius 2 is 1.88 bits per heavy atom. The summed E-state index contributed by atoms with van der Waals surface area (Å²) in [5, 5.41) is 29.6. The second kappa shape index (κ2) is 9.74. The fraction of sp³-hybridized carbons (Fsp3) is 0.667. The average Bonchev–Trinajstić information content (AvgIpc) is 2.99. The van der Waals surface area contributed by atoms with E-state index < -0.39 is 54.3 Å². The maximum Gasteiger partial charge on any atom is 0.359 e. The van der Waals surface area contributed by atoms with E-state index in [1.807, 2.05) is 0 Å². The lowest BCUT2D eigenvalue weighted by Gasteiger charge is -2.38. The van der Waals surface area contributed by atoms with Crippen LogP contribution in [0.5, 0.6) is 0 Å². The quantitative estimate of drug-likeness (QED) is 0.269. The van der Waals surface area contributed by atoms with Crippen LogP contribution in [0, 0.1) is 18.2 Å².